The van der Waals surface area contributed by atoms with Crippen molar-refractivity contribution in [2.24, 2.45) is 47.3 Å². The molecule has 150 heavy (non-hydrogen) atoms. The Morgan fingerprint density at radius 3 is 0.960 bits per heavy atom. The molecule has 9 amide bonds. The molecule has 44 nitrogen and oxygen atoms in total. The molecule has 2 aliphatic carbocycles. The maximum atomic E-state index is 13.0. The Morgan fingerprint density at radius 1 is 0.380 bits per heavy atom. The number of alkyl halides is 3. The molecule has 0 aromatic carbocycles. The summed E-state index contributed by atoms with van der Waals surface area (Å²) in [6.07, 6.45) is 4.88. The number of hydrogen-bond donors (Lipinski definition) is 10. The maximum absolute atomic E-state index is 13.0. The number of carboxylic acid groups (broad SMARTS) is 2. The first-order valence-electron chi connectivity index (χ1n) is 52.9. The number of carbonyl (C=O) groups is 13. The first-order chi connectivity index (χ1) is 71.8. The summed E-state index contributed by atoms with van der Waals surface area (Å²) < 4.78 is 133. The van der Waals surface area contributed by atoms with E-state index in [9.17, 15) is 75.8 Å². The Balaban J connectivity index is -0.000000482. The van der Waals surface area contributed by atoms with Crippen LogP contribution in [-0.4, -0.2) is 410 Å². The predicted octanol–water partition coefficient (Wildman–Crippen LogP) is -0.344. The number of esters is 2. The van der Waals surface area contributed by atoms with Crippen LogP contribution in [0.3, 0.4) is 0 Å². The zero-order chi connectivity index (χ0) is 113. The maximum Gasteiger partial charge on any atom is 1.00 e. The molecule has 0 radical (unpaired) electrons. The van der Waals surface area contributed by atoms with E-state index >= 15 is 0 Å². The zero-order valence-corrected chi connectivity index (χ0v) is 96.0. The Hall–Kier alpha value is -6.48. The smallest absolute Gasteiger partial charge is 0.870 e. The van der Waals surface area contributed by atoms with Crippen LogP contribution >= 0.6 is 21.6 Å². The molecule has 0 fully saturated rings. The number of amides is 9. The van der Waals surface area contributed by atoms with E-state index in [1.54, 1.807) is 42.7 Å². The van der Waals surface area contributed by atoms with E-state index < -0.39 is 47.8 Å². The van der Waals surface area contributed by atoms with Gasteiger partial charge >= 0.3 is 47.7 Å². The quantitative estimate of drug-likeness (QED) is 0.00929. The van der Waals surface area contributed by atoms with Crippen LogP contribution in [0.25, 0.3) is 0 Å². The number of likely N-dealkylation sites (N-methyl/N-ethyl adjacent to an activating group) is 1. The van der Waals surface area contributed by atoms with Crippen molar-refractivity contribution >= 4 is 98.6 Å². The molecule has 1 heterocycles. The van der Waals surface area contributed by atoms with Crippen molar-refractivity contribution in [3.63, 3.8) is 0 Å². The molecule has 0 saturated carbocycles. The van der Waals surface area contributed by atoms with Crippen LogP contribution in [0.4, 0.5) is 13.2 Å². The number of methoxy groups -OCH3 is 2. The van der Waals surface area contributed by atoms with Gasteiger partial charge in [0.25, 0.3) is 0 Å². The summed E-state index contributed by atoms with van der Waals surface area (Å²) in [6, 6.07) is -0.0134. The van der Waals surface area contributed by atoms with Crippen molar-refractivity contribution in [3.05, 3.63) is 22.3 Å². The molecular formula is C100H187F3N11NaO33S2. The Labute approximate surface area is 921 Å². The summed E-state index contributed by atoms with van der Waals surface area (Å²) >= 11 is 0. The first-order valence-corrected chi connectivity index (χ1v) is 54.4. The summed E-state index contributed by atoms with van der Waals surface area (Å²) in [5.74, 6) is -6.72. The van der Waals surface area contributed by atoms with E-state index in [-0.39, 0.29) is 150 Å². The van der Waals surface area contributed by atoms with Crippen molar-refractivity contribution in [2.45, 2.75) is 184 Å². The fourth-order valence-corrected chi connectivity index (χ4v) is 15.5. The number of cyclic esters (lactones) is 2. The summed E-state index contributed by atoms with van der Waals surface area (Å²) in [5.41, 5.74) is 5.28. The number of nitrogens with one attached hydrogen (secondary N) is 9. The summed E-state index contributed by atoms with van der Waals surface area (Å²) in [5, 5.41) is 46.0. The van der Waals surface area contributed by atoms with Crippen molar-refractivity contribution in [1.82, 2.24) is 47.9 Å². The molecule has 0 aromatic heterocycles. The van der Waals surface area contributed by atoms with E-state index in [4.69, 9.17) is 88.7 Å². The van der Waals surface area contributed by atoms with Crippen LogP contribution in [0, 0.1) is 47.3 Å². The number of aliphatic carboxylic acids is 2. The average molecular weight is 2220 g/mol. The SMILES string of the molecule is CCC(C)C(=O)NCCSSCCNC(=O)C(CC)CC(CC(C)C(=O)NCC[N+](C)(C)C)C(=O)NC(C)C.CCC(CC(C)C(=O)NCCNC(=O)C1=C(C(=O)[O-])CCCC1)C(=O)NCCOCCOCCOCCOCCOCCOCCOCCOC.CCC(CC(C)C(=O)NCC[NH3+])C(=O)NCCOCCOCCOCCOCCOCCOCCOCCOC.O=C([O-])C(F)(F)F.O=C1OC(=O)C2=C1CCCC2.[2H][3H].[3HH].[Na+].[OH-]. The minimum Gasteiger partial charge on any atom is -0.870 e. The van der Waals surface area contributed by atoms with Crippen molar-refractivity contribution < 1.29 is 216 Å². The van der Waals surface area contributed by atoms with E-state index in [0.717, 1.165) is 61.1 Å². The minimum absolute atomic E-state index is 0. The average Bonchev–Trinajstić information content (AvgIpc) is 1.67. The number of nitrogens with zero attached hydrogens (tertiary/aromatic N) is 1. The van der Waals surface area contributed by atoms with Gasteiger partial charge in [0.1, 0.15) is 5.97 Å². The molecule has 0 spiro atoms. The van der Waals surface area contributed by atoms with Gasteiger partial charge in [0.15, 0.2) is 0 Å². The van der Waals surface area contributed by atoms with Gasteiger partial charge in [0.05, 0.1) is 251 Å². The van der Waals surface area contributed by atoms with Crippen LogP contribution in [0.5, 0.6) is 0 Å². The van der Waals surface area contributed by atoms with Gasteiger partial charge in [-0.05, 0) is 122 Å². The second-order valence-electron chi connectivity index (χ2n) is 36.1. The van der Waals surface area contributed by atoms with Crippen molar-refractivity contribution in [1.29, 1.82) is 0 Å². The van der Waals surface area contributed by atoms with Crippen LogP contribution in [0.15, 0.2) is 22.3 Å². The molecule has 0 bridgehead atoms. The van der Waals surface area contributed by atoms with Crippen LogP contribution < -0.4 is 93.4 Å². The summed E-state index contributed by atoms with van der Waals surface area (Å²) in [4.78, 5) is 154. The monoisotopic (exact) mass is 2220 g/mol. The van der Waals surface area contributed by atoms with Crippen LogP contribution in [-0.2, 0) is 143 Å². The molecule has 8 atom stereocenters. The second kappa shape index (κ2) is 99.3. The Bertz CT molecular complexity index is 3630. The number of hydrogen-bond acceptors (Lipinski definition) is 35. The van der Waals surface area contributed by atoms with E-state index in [2.05, 4.69) is 79.5 Å². The fraction of sp³-hybridized carbons (Fsp3) is 0.830. The van der Waals surface area contributed by atoms with Gasteiger partial charge in [0.2, 0.25) is 53.2 Å². The number of quaternary nitrogens is 2. The number of halogens is 3. The summed E-state index contributed by atoms with van der Waals surface area (Å²) in [6.45, 7) is 38.6. The Kier molecular flexibility index (Phi) is 97.8. The third-order valence-corrected chi connectivity index (χ3v) is 24.8. The minimum atomic E-state index is -5.19. The molecule has 3 rings (SSSR count). The van der Waals surface area contributed by atoms with Gasteiger partial charge in [-0.2, -0.15) is 13.2 Å². The normalized spacial score (nSPS) is 14.4. The number of ether oxygens (including phenoxy) is 17. The fourth-order valence-electron chi connectivity index (χ4n) is 13.7. The first kappa shape index (κ1) is 148. The number of carbonyl (C=O) groups excluding carboxylic acids is 13. The molecule has 874 valence electrons. The third-order valence-electron chi connectivity index (χ3n) is 22.4. The molecule has 3 aliphatic rings. The number of carboxylic acids is 2. The van der Waals surface area contributed by atoms with Gasteiger partial charge in [-0.15, -0.1) is 0 Å². The third kappa shape index (κ3) is 83.9. The molecule has 13 N–H and O–H groups in total. The van der Waals surface area contributed by atoms with E-state index in [1.807, 2.05) is 62.3 Å². The van der Waals surface area contributed by atoms with Gasteiger partial charge < -0.3 is 164 Å². The number of rotatable bonds is 86. The zero-order valence-electron chi connectivity index (χ0n) is 94.3. The van der Waals surface area contributed by atoms with Gasteiger partial charge in [0, 0.05) is 139 Å². The largest absolute Gasteiger partial charge is 1.00 e. The second-order valence-corrected chi connectivity index (χ2v) is 38.8. The van der Waals surface area contributed by atoms with Crippen LogP contribution in [0.2, 0.25) is 0 Å². The van der Waals surface area contributed by atoms with E-state index in [1.165, 1.54) is 0 Å². The molecule has 0 aromatic rings. The predicted molar refractivity (Wildman–Crippen MR) is 553 cm³/mol. The molecular weight excluding hydrogens is 2030 g/mol. The standard InChI is InChI=1S/C35H63N3O13.C28H55N5O4S2.C27H55N3O10.C8H8O3.C2HF3O2.Na.H2O.2H2/c1-4-29(27-28(2)32(39)36-9-10-37-34(41)30-7-5-6-8-31(30)35(42)43)33(40)38-11-12-45-15-16-47-19-20-49-23-24-51-26-25-50-22-21-48-18-17-46-14-13-44-3;1-10-21(5)25(34)30-13-16-38-39-17-14-31-27(36)23(11-2)19-24(28(37)32-20(3)4)18-22(6)26(35)29-12-15-33(7,8)9;1-4-25(23-24(2)26(31)29-6-5-28)27(32)30-7-8-34-11-12-36-15-16-38-19-20-40-22-21-39-18-17-37-14-13-35-10-9-33-3;9-7-5-3-1-2-4-6(5)8(10)11-7;3-2(4,5)1(6)7;;;;/h28-29H,4-27H2,1-3H3,(H,36,39)(H,37,41)(H,38,40)(H,42,43);20-24H,10-19H2,1-9H3,(H3-,29,30,31,32,34,35,36,37);24-25H,4-23,28H2,1-3H3,(H,29,31)(H,30,32);1-4H2;(H,6,7);;1H2;2*1H/q;;;;;+1;;;/p-1/i;;;;;;;1+2D;1+2. The molecule has 8 unspecified atom stereocenters. The van der Waals surface area contributed by atoms with E-state index in [0.29, 0.717) is 319 Å². The van der Waals surface area contributed by atoms with Crippen molar-refractivity contribution in [3.8, 4) is 0 Å². The molecule has 1 aliphatic heterocycles. The van der Waals surface area contributed by atoms with Gasteiger partial charge in [-0.3, -0.25) is 43.2 Å². The van der Waals surface area contributed by atoms with Gasteiger partial charge in [-0.25, -0.2) is 9.59 Å². The van der Waals surface area contributed by atoms with Crippen LogP contribution in [0.1, 0.15) is 176 Å². The van der Waals surface area contributed by atoms with Crippen molar-refractivity contribution in [2.75, 3.05) is 311 Å². The topological polar surface area (TPSA) is 591 Å². The Morgan fingerprint density at radius 2 is 0.653 bits per heavy atom. The molecule has 50 heteroatoms. The van der Waals surface area contributed by atoms with Gasteiger partial charge in [-0.1, -0.05) is 77.0 Å². The molecule has 0 saturated heterocycles. The summed E-state index contributed by atoms with van der Waals surface area (Å²) in [7, 11) is 12.8.